The SMILES string of the molecule is COC(=O)c1ccc(/C=C2\CCC[C@H](C3CCCCC3)C2=O)cc1. The minimum absolute atomic E-state index is 0.236. The Labute approximate surface area is 144 Å². The number of ketones is 1. The average Bonchev–Trinajstić information content (AvgIpc) is 2.64. The number of benzene rings is 1. The van der Waals surface area contributed by atoms with Gasteiger partial charge in [-0.05, 0) is 67.4 Å². The van der Waals surface area contributed by atoms with E-state index < -0.39 is 0 Å². The van der Waals surface area contributed by atoms with Crippen molar-refractivity contribution in [3.05, 3.63) is 41.0 Å². The first-order valence-electron chi connectivity index (χ1n) is 9.12. The van der Waals surface area contributed by atoms with Gasteiger partial charge in [-0.3, -0.25) is 4.79 Å². The van der Waals surface area contributed by atoms with Crippen LogP contribution in [-0.2, 0) is 9.53 Å². The smallest absolute Gasteiger partial charge is 0.337 e. The second-order valence-corrected chi connectivity index (χ2v) is 7.04. The molecule has 3 heteroatoms. The zero-order chi connectivity index (χ0) is 16.9. The quantitative estimate of drug-likeness (QED) is 0.591. The van der Waals surface area contributed by atoms with Crippen molar-refractivity contribution in [1.82, 2.24) is 0 Å². The average molecular weight is 326 g/mol. The Hall–Kier alpha value is -1.90. The molecule has 0 bridgehead atoms. The summed E-state index contributed by atoms with van der Waals surface area (Å²) in [5.74, 6) is 0.863. The highest BCUT2D eigenvalue weighted by Gasteiger charge is 2.33. The summed E-state index contributed by atoms with van der Waals surface area (Å²) in [5, 5.41) is 0. The molecule has 0 saturated heterocycles. The predicted octanol–water partition coefficient (Wildman–Crippen LogP) is 4.81. The molecule has 1 aromatic rings. The van der Waals surface area contributed by atoms with Crippen molar-refractivity contribution < 1.29 is 14.3 Å². The van der Waals surface area contributed by atoms with Crippen molar-refractivity contribution in [3.63, 3.8) is 0 Å². The van der Waals surface area contributed by atoms with Crippen LogP contribution in [0.3, 0.4) is 0 Å². The zero-order valence-electron chi connectivity index (χ0n) is 14.4. The summed E-state index contributed by atoms with van der Waals surface area (Å²) in [6, 6.07) is 7.28. The van der Waals surface area contributed by atoms with Crippen LogP contribution in [0.15, 0.2) is 29.8 Å². The van der Waals surface area contributed by atoms with Crippen LogP contribution in [0, 0.1) is 11.8 Å². The third kappa shape index (κ3) is 3.77. The molecule has 2 fully saturated rings. The third-order valence-electron chi connectivity index (χ3n) is 5.51. The van der Waals surface area contributed by atoms with Crippen molar-refractivity contribution in [2.75, 3.05) is 7.11 Å². The second-order valence-electron chi connectivity index (χ2n) is 7.04. The van der Waals surface area contributed by atoms with Gasteiger partial charge in [0.05, 0.1) is 12.7 Å². The molecule has 1 aromatic carbocycles. The van der Waals surface area contributed by atoms with Gasteiger partial charge in [0.15, 0.2) is 5.78 Å². The van der Waals surface area contributed by atoms with Gasteiger partial charge >= 0.3 is 5.97 Å². The number of methoxy groups -OCH3 is 1. The summed E-state index contributed by atoms with van der Waals surface area (Å²) in [6.07, 6.45) is 11.4. The van der Waals surface area contributed by atoms with Gasteiger partial charge in [0, 0.05) is 5.92 Å². The number of allylic oxidation sites excluding steroid dienone is 1. The predicted molar refractivity (Wildman–Crippen MR) is 94.7 cm³/mol. The van der Waals surface area contributed by atoms with Crippen LogP contribution in [0.4, 0.5) is 0 Å². The summed E-state index contributed by atoms with van der Waals surface area (Å²) < 4.78 is 4.72. The first-order valence-corrected chi connectivity index (χ1v) is 9.12. The maximum absolute atomic E-state index is 12.9. The van der Waals surface area contributed by atoms with E-state index in [9.17, 15) is 9.59 Å². The van der Waals surface area contributed by atoms with E-state index in [1.807, 2.05) is 18.2 Å². The molecule has 3 rings (SSSR count). The summed E-state index contributed by atoms with van der Waals surface area (Å²) in [4.78, 5) is 24.4. The Morgan fingerprint density at radius 3 is 2.42 bits per heavy atom. The van der Waals surface area contributed by atoms with E-state index in [0.717, 1.165) is 30.4 Å². The minimum atomic E-state index is -0.333. The molecule has 2 aliphatic rings. The number of Topliss-reactive ketones (excluding diaryl/α,β-unsaturated/α-hetero) is 1. The third-order valence-corrected chi connectivity index (χ3v) is 5.51. The van der Waals surface area contributed by atoms with Crippen LogP contribution >= 0.6 is 0 Å². The molecule has 0 unspecified atom stereocenters. The highest BCUT2D eigenvalue weighted by atomic mass is 16.5. The topological polar surface area (TPSA) is 43.4 Å². The summed E-state index contributed by atoms with van der Waals surface area (Å²) >= 11 is 0. The van der Waals surface area contributed by atoms with Crippen molar-refractivity contribution in [1.29, 1.82) is 0 Å². The Morgan fingerprint density at radius 2 is 1.75 bits per heavy atom. The monoisotopic (exact) mass is 326 g/mol. The van der Waals surface area contributed by atoms with Crippen molar-refractivity contribution >= 4 is 17.8 Å². The molecule has 2 saturated carbocycles. The molecule has 0 N–H and O–H groups in total. The molecular formula is C21H26O3. The fraction of sp³-hybridized carbons (Fsp3) is 0.524. The van der Waals surface area contributed by atoms with Crippen molar-refractivity contribution in [3.8, 4) is 0 Å². The summed E-state index contributed by atoms with van der Waals surface area (Å²) in [6.45, 7) is 0. The van der Waals surface area contributed by atoms with Crippen LogP contribution in [-0.4, -0.2) is 18.9 Å². The Balaban J connectivity index is 1.74. The number of hydrogen-bond donors (Lipinski definition) is 0. The number of hydrogen-bond acceptors (Lipinski definition) is 3. The van der Waals surface area contributed by atoms with Gasteiger partial charge in [0.1, 0.15) is 0 Å². The number of carbonyl (C=O) groups excluding carboxylic acids is 2. The van der Waals surface area contributed by atoms with E-state index in [0.29, 0.717) is 17.3 Å². The maximum atomic E-state index is 12.9. The lowest BCUT2D eigenvalue weighted by Gasteiger charge is -2.32. The van der Waals surface area contributed by atoms with Gasteiger partial charge in [0.25, 0.3) is 0 Å². The fourth-order valence-electron chi connectivity index (χ4n) is 4.17. The standard InChI is InChI=1S/C21H26O3/c1-24-21(23)17-12-10-15(11-13-17)14-18-8-5-9-19(20(18)22)16-6-3-2-4-7-16/h10-14,16,19H,2-9H2,1H3/b18-14+/t19-/m1/s1. The first kappa shape index (κ1) is 16.9. The van der Waals surface area contributed by atoms with E-state index in [4.69, 9.17) is 4.74 Å². The molecule has 0 aliphatic heterocycles. The lowest BCUT2D eigenvalue weighted by Crippen LogP contribution is -2.30. The Bertz CT molecular complexity index is 621. The van der Waals surface area contributed by atoms with Gasteiger partial charge < -0.3 is 4.74 Å². The number of carbonyl (C=O) groups is 2. The molecule has 2 aliphatic carbocycles. The molecule has 1 atom stereocenters. The minimum Gasteiger partial charge on any atom is -0.465 e. The molecule has 0 spiro atoms. The van der Waals surface area contributed by atoms with Gasteiger partial charge in [-0.25, -0.2) is 4.79 Å². The number of esters is 1. The van der Waals surface area contributed by atoms with Crippen molar-refractivity contribution in [2.24, 2.45) is 11.8 Å². The van der Waals surface area contributed by atoms with Crippen LogP contribution in [0.1, 0.15) is 67.3 Å². The van der Waals surface area contributed by atoms with E-state index in [1.54, 1.807) is 12.1 Å². The zero-order valence-corrected chi connectivity index (χ0v) is 14.4. The van der Waals surface area contributed by atoms with E-state index in [1.165, 1.54) is 39.2 Å². The molecule has 128 valence electrons. The first-order chi connectivity index (χ1) is 11.7. The summed E-state index contributed by atoms with van der Waals surface area (Å²) in [5.41, 5.74) is 2.48. The lowest BCUT2D eigenvalue weighted by atomic mass is 9.71. The highest BCUT2D eigenvalue weighted by molar-refractivity contribution is 6.02. The van der Waals surface area contributed by atoms with E-state index >= 15 is 0 Å². The fourth-order valence-corrected chi connectivity index (χ4v) is 4.17. The lowest BCUT2D eigenvalue weighted by molar-refractivity contribution is -0.122. The molecule has 0 amide bonds. The molecular weight excluding hydrogens is 300 g/mol. The number of rotatable bonds is 3. The van der Waals surface area contributed by atoms with Gasteiger partial charge in [0.2, 0.25) is 0 Å². The largest absolute Gasteiger partial charge is 0.465 e. The van der Waals surface area contributed by atoms with Gasteiger partial charge in [-0.1, -0.05) is 31.4 Å². The molecule has 0 heterocycles. The maximum Gasteiger partial charge on any atom is 0.337 e. The number of ether oxygens (including phenoxy) is 1. The Kier molecular flexibility index (Phi) is 5.49. The van der Waals surface area contributed by atoms with Gasteiger partial charge in [-0.2, -0.15) is 0 Å². The highest BCUT2D eigenvalue weighted by Crippen LogP contribution is 2.38. The van der Waals surface area contributed by atoms with E-state index in [-0.39, 0.29) is 11.9 Å². The molecule has 3 nitrogen and oxygen atoms in total. The Morgan fingerprint density at radius 1 is 1.04 bits per heavy atom. The van der Waals surface area contributed by atoms with Crippen LogP contribution in [0.5, 0.6) is 0 Å². The molecule has 0 aromatic heterocycles. The van der Waals surface area contributed by atoms with Crippen LogP contribution < -0.4 is 0 Å². The van der Waals surface area contributed by atoms with Crippen LogP contribution in [0.25, 0.3) is 6.08 Å². The van der Waals surface area contributed by atoms with Gasteiger partial charge in [-0.15, -0.1) is 0 Å². The molecule has 0 radical (unpaired) electrons. The van der Waals surface area contributed by atoms with Crippen molar-refractivity contribution in [2.45, 2.75) is 51.4 Å². The molecule has 24 heavy (non-hydrogen) atoms. The van der Waals surface area contributed by atoms with E-state index in [2.05, 4.69) is 0 Å². The van der Waals surface area contributed by atoms with Crippen LogP contribution in [0.2, 0.25) is 0 Å². The second kappa shape index (κ2) is 7.78. The normalized spacial score (nSPS) is 24.1. The summed E-state index contributed by atoms with van der Waals surface area (Å²) in [7, 11) is 1.38.